The van der Waals surface area contributed by atoms with Crippen molar-refractivity contribution in [3.8, 4) is 34.2 Å². The molecule has 0 aliphatic carbocycles. The van der Waals surface area contributed by atoms with E-state index in [0.29, 0.717) is 28.4 Å². The number of carbonyl (C=O) groups excluding carboxylic acids is 1. The van der Waals surface area contributed by atoms with Gasteiger partial charge in [0.2, 0.25) is 0 Å². The molecule has 1 aromatic heterocycles. The van der Waals surface area contributed by atoms with Crippen molar-refractivity contribution in [1.82, 2.24) is 9.55 Å². The van der Waals surface area contributed by atoms with E-state index in [4.69, 9.17) is 14.2 Å². The van der Waals surface area contributed by atoms with Gasteiger partial charge < -0.3 is 19.2 Å². The van der Waals surface area contributed by atoms with Crippen LogP contribution in [0.3, 0.4) is 0 Å². The number of nitrogens with zero attached hydrogens (tertiary/aromatic N) is 1. The fraction of sp³-hybridized carbons (Fsp3) is 0.111. The van der Waals surface area contributed by atoms with Gasteiger partial charge in [0.15, 0.2) is 17.3 Å². The molecule has 7 heteroatoms. The van der Waals surface area contributed by atoms with E-state index in [1.807, 2.05) is 30.3 Å². The number of ether oxygens (including phenoxy) is 3. The van der Waals surface area contributed by atoms with Gasteiger partial charge >= 0.3 is 5.69 Å². The second-order valence-electron chi connectivity index (χ2n) is 7.41. The van der Waals surface area contributed by atoms with Crippen LogP contribution in [-0.2, 0) is 0 Å². The second kappa shape index (κ2) is 9.95. The molecule has 172 valence electrons. The smallest absolute Gasteiger partial charge is 0.330 e. The first-order chi connectivity index (χ1) is 16.5. The van der Waals surface area contributed by atoms with E-state index in [9.17, 15) is 9.59 Å². The number of hydrogen-bond acceptors (Lipinski definition) is 5. The van der Waals surface area contributed by atoms with Gasteiger partial charge in [0.1, 0.15) is 5.75 Å². The molecular formula is C27H24N2O5. The summed E-state index contributed by atoms with van der Waals surface area (Å²) in [5, 5.41) is 0. The third-order valence-electron chi connectivity index (χ3n) is 5.39. The van der Waals surface area contributed by atoms with E-state index >= 15 is 0 Å². The van der Waals surface area contributed by atoms with Gasteiger partial charge in [0.25, 0.3) is 0 Å². The SMILES string of the molecule is COc1ccc(C=CC(=O)c2cccc(-n3c(-c4ccc(OC)c(OC)c4)c[nH]c3=O)c2)cc1. The Bertz CT molecular complexity index is 1400. The Balaban J connectivity index is 1.66. The first-order valence-corrected chi connectivity index (χ1v) is 10.5. The zero-order valence-electron chi connectivity index (χ0n) is 19.1. The average molecular weight is 456 g/mol. The van der Waals surface area contributed by atoms with Crippen LogP contribution in [0.15, 0.2) is 83.8 Å². The highest BCUT2D eigenvalue weighted by Gasteiger charge is 2.14. The zero-order valence-corrected chi connectivity index (χ0v) is 19.1. The molecule has 0 saturated heterocycles. The predicted molar refractivity (Wildman–Crippen MR) is 131 cm³/mol. The summed E-state index contributed by atoms with van der Waals surface area (Å²) in [4.78, 5) is 28.2. The number of H-pyrrole nitrogens is 1. The average Bonchev–Trinajstić information content (AvgIpc) is 3.28. The Morgan fingerprint density at radius 2 is 1.65 bits per heavy atom. The van der Waals surface area contributed by atoms with Crippen molar-refractivity contribution in [2.75, 3.05) is 21.3 Å². The van der Waals surface area contributed by atoms with Crippen LogP contribution in [0.4, 0.5) is 0 Å². The molecule has 0 bridgehead atoms. The monoisotopic (exact) mass is 456 g/mol. The van der Waals surface area contributed by atoms with Crippen LogP contribution in [0, 0.1) is 0 Å². The first-order valence-electron chi connectivity index (χ1n) is 10.5. The standard InChI is InChI=1S/C27H24N2O5/c1-32-22-11-7-18(8-12-22)9-13-24(30)20-5-4-6-21(15-20)29-23(17-28-27(29)31)19-10-14-25(33-2)26(16-19)34-3/h4-17H,1-3H3,(H,28,31). The van der Waals surface area contributed by atoms with Gasteiger partial charge in [-0.15, -0.1) is 0 Å². The van der Waals surface area contributed by atoms with Crippen molar-refractivity contribution in [3.05, 3.63) is 101 Å². The number of aromatic amines is 1. The van der Waals surface area contributed by atoms with Gasteiger partial charge in [-0.3, -0.25) is 9.36 Å². The van der Waals surface area contributed by atoms with Gasteiger partial charge in [-0.05, 0) is 54.1 Å². The topological polar surface area (TPSA) is 82.5 Å². The van der Waals surface area contributed by atoms with Crippen LogP contribution >= 0.6 is 0 Å². The molecule has 1 heterocycles. The fourth-order valence-electron chi connectivity index (χ4n) is 3.61. The number of carbonyl (C=O) groups is 1. The number of rotatable bonds is 8. The van der Waals surface area contributed by atoms with Crippen molar-refractivity contribution < 1.29 is 19.0 Å². The molecule has 3 aromatic carbocycles. The summed E-state index contributed by atoms with van der Waals surface area (Å²) in [5.41, 5.74) is 2.98. The van der Waals surface area contributed by atoms with Crippen molar-refractivity contribution in [2.45, 2.75) is 0 Å². The predicted octanol–water partition coefficient (Wildman–Crippen LogP) is 4.75. The number of benzene rings is 3. The van der Waals surface area contributed by atoms with Crippen LogP contribution in [-0.4, -0.2) is 36.7 Å². The van der Waals surface area contributed by atoms with E-state index in [-0.39, 0.29) is 11.5 Å². The van der Waals surface area contributed by atoms with Crippen LogP contribution in [0.1, 0.15) is 15.9 Å². The van der Waals surface area contributed by atoms with Crippen LogP contribution in [0.5, 0.6) is 17.2 Å². The molecule has 34 heavy (non-hydrogen) atoms. The summed E-state index contributed by atoms with van der Waals surface area (Å²) in [5.74, 6) is 1.71. The molecule has 0 saturated carbocycles. The molecule has 0 atom stereocenters. The highest BCUT2D eigenvalue weighted by Crippen LogP contribution is 2.32. The maximum Gasteiger partial charge on any atom is 0.330 e. The molecule has 7 nitrogen and oxygen atoms in total. The highest BCUT2D eigenvalue weighted by atomic mass is 16.5. The quantitative estimate of drug-likeness (QED) is 0.306. The molecule has 0 aliphatic heterocycles. The lowest BCUT2D eigenvalue weighted by Crippen LogP contribution is -2.16. The third-order valence-corrected chi connectivity index (χ3v) is 5.39. The number of aromatic nitrogens is 2. The minimum atomic E-state index is -0.317. The lowest BCUT2D eigenvalue weighted by molar-refractivity contribution is 0.104. The third kappa shape index (κ3) is 4.63. The Hall–Kier alpha value is -4.52. The second-order valence-corrected chi connectivity index (χ2v) is 7.41. The normalized spacial score (nSPS) is 10.9. The van der Waals surface area contributed by atoms with Crippen molar-refractivity contribution in [3.63, 3.8) is 0 Å². The number of nitrogens with one attached hydrogen (secondary N) is 1. The van der Waals surface area contributed by atoms with E-state index < -0.39 is 0 Å². The fourth-order valence-corrected chi connectivity index (χ4v) is 3.61. The van der Waals surface area contributed by atoms with Gasteiger partial charge in [0.05, 0.1) is 32.7 Å². The summed E-state index contributed by atoms with van der Waals surface area (Å²) in [6.07, 6.45) is 4.88. The summed E-state index contributed by atoms with van der Waals surface area (Å²) in [6, 6.07) is 19.8. The minimum Gasteiger partial charge on any atom is -0.497 e. The molecule has 0 spiro atoms. The van der Waals surface area contributed by atoms with Gasteiger partial charge in [-0.25, -0.2) is 4.79 Å². The lowest BCUT2D eigenvalue weighted by atomic mass is 10.1. The molecular weight excluding hydrogens is 432 g/mol. The van der Waals surface area contributed by atoms with Crippen LogP contribution < -0.4 is 19.9 Å². The van der Waals surface area contributed by atoms with Gasteiger partial charge in [0, 0.05) is 17.3 Å². The van der Waals surface area contributed by atoms with Gasteiger partial charge in [-0.1, -0.05) is 30.3 Å². The molecule has 1 N–H and O–H groups in total. The number of imidazole rings is 1. The Morgan fingerprint density at radius 3 is 2.35 bits per heavy atom. The molecule has 4 aromatic rings. The molecule has 0 fully saturated rings. The van der Waals surface area contributed by atoms with Crippen molar-refractivity contribution in [2.24, 2.45) is 0 Å². The molecule has 4 rings (SSSR count). The molecule has 0 radical (unpaired) electrons. The summed E-state index contributed by atoms with van der Waals surface area (Å²) >= 11 is 0. The summed E-state index contributed by atoms with van der Waals surface area (Å²) < 4.78 is 17.4. The summed E-state index contributed by atoms with van der Waals surface area (Å²) in [7, 11) is 4.73. The molecule has 0 aliphatic rings. The van der Waals surface area contributed by atoms with Gasteiger partial charge in [-0.2, -0.15) is 0 Å². The first kappa shape index (κ1) is 22.7. The maximum atomic E-state index is 12.8. The number of methoxy groups -OCH3 is 3. The Morgan fingerprint density at radius 1 is 0.882 bits per heavy atom. The Kier molecular flexibility index (Phi) is 6.64. The lowest BCUT2D eigenvalue weighted by Gasteiger charge is -2.12. The van der Waals surface area contributed by atoms with E-state index in [1.54, 1.807) is 70.0 Å². The number of allylic oxidation sites excluding steroid dienone is 1. The Labute approximate surface area is 196 Å². The van der Waals surface area contributed by atoms with E-state index in [2.05, 4.69) is 4.98 Å². The minimum absolute atomic E-state index is 0.172. The number of ketones is 1. The largest absolute Gasteiger partial charge is 0.497 e. The van der Waals surface area contributed by atoms with E-state index in [0.717, 1.165) is 16.9 Å². The number of hydrogen-bond donors (Lipinski definition) is 1. The maximum absolute atomic E-state index is 12.8. The zero-order chi connectivity index (χ0) is 24.1. The van der Waals surface area contributed by atoms with E-state index in [1.165, 1.54) is 10.6 Å². The molecule has 0 amide bonds. The van der Waals surface area contributed by atoms with Crippen LogP contribution in [0.25, 0.3) is 23.0 Å². The molecule has 0 unspecified atom stereocenters. The highest BCUT2D eigenvalue weighted by molar-refractivity contribution is 6.07. The van der Waals surface area contributed by atoms with Crippen molar-refractivity contribution in [1.29, 1.82) is 0 Å². The summed E-state index contributed by atoms with van der Waals surface area (Å²) in [6.45, 7) is 0. The van der Waals surface area contributed by atoms with Crippen LogP contribution in [0.2, 0.25) is 0 Å². The van der Waals surface area contributed by atoms with Crippen molar-refractivity contribution >= 4 is 11.9 Å².